The van der Waals surface area contributed by atoms with Crippen molar-refractivity contribution in [3.63, 3.8) is 0 Å². The molecule has 0 saturated heterocycles. The lowest BCUT2D eigenvalue weighted by atomic mass is 10.0. The summed E-state index contributed by atoms with van der Waals surface area (Å²) < 4.78 is 2.15. The maximum Gasteiger partial charge on any atom is 0.155 e. The average Bonchev–Trinajstić information content (AvgIpc) is 2.80. The molecule has 0 radical (unpaired) electrons. The van der Waals surface area contributed by atoms with Gasteiger partial charge >= 0.3 is 0 Å². The lowest BCUT2D eigenvalue weighted by Gasteiger charge is -2.10. The molecule has 0 bridgehead atoms. The van der Waals surface area contributed by atoms with E-state index >= 15 is 0 Å². The van der Waals surface area contributed by atoms with Gasteiger partial charge in [-0.1, -0.05) is 24.3 Å². The predicted molar refractivity (Wildman–Crippen MR) is 72.2 cm³/mol. The third kappa shape index (κ3) is 2.79. The highest BCUT2D eigenvalue weighted by atomic mass is 127. The fourth-order valence-electron chi connectivity index (χ4n) is 1.58. The van der Waals surface area contributed by atoms with Crippen molar-refractivity contribution in [2.45, 2.75) is 6.42 Å². The Morgan fingerprint density at radius 2 is 2.19 bits per heavy atom. The molecular formula is C11H13IN4. The lowest BCUT2D eigenvalue weighted by Crippen LogP contribution is -2.09. The van der Waals surface area contributed by atoms with Crippen LogP contribution >= 0.6 is 22.9 Å². The first kappa shape index (κ1) is 11.5. The van der Waals surface area contributed by atoms with E-state index in [4.69, 9.17) is 0 Å². The number of H-pyrrole nitrogens is 1. The summed E-state index contributed by atoms with van der Waals surface area (Å²) in [5.41, 5.74) is 2.43. The van der Waals surface area contributed by atoms with Gasteiger partial charge in [0.15, 0.2) is 5.82 Å². The summed E-state index contributed by atoms with van der Waals surface area (Å²) in [4.78, 5) is 4.19. The molecule has 0 spiro atoms. The molecule has 2 rings (SSSR count). The van der Waals surface area contributed by atoms with Crippen molar-refractivity contribution in [3.05, 3.63) is 36.2 Å². The molecule has 1 aromatic carbocycles. The van der Waals surface area contributed by atoms with Crippen LogP contribution < -0.4 is 0 Å². The van der Waals surface area contributed by atoms with E-state index in [1.54, 1.807) is 0 Å². The predicted octanol–water partition coefficient (Wildman–Crippen LogP) is 2.30. The topological polar surface area (TPSA) is 44.8 Å². The van der Waals surface area contributed by atoms with Gasteiger partial charge in [-0.3, -0.25) is 8.21 Å². The van der Waals surface area contributed by atoms with Gasteiger partial charge in [0.05, 0.1) is 0 Å². The molecule has 0 saturated carbocycles. The van der Waals surface area contributed by atoms with E-state index in [9.17, 15) is 0 Å². The summed E-state index contributed by atoms with van der Waals surface area (Å²) >= 11 is 2.29. The number of hydrogen-bond acceptors (Lipinski definition) is 3. The van der Waals surface area contributed by atoms with E-state index in [2.05, 4.69) is 66.4 Å². The normalized spacial score (nSPS) is 10.9. The largest absolute Gasteiger partial charge is 0.259 e. The van der Waals surface area contributed by atoms with Crippen molar-refractivity contribution in [2.24, 2.45) is 0 Å². The zero-order valence-corrected chi connectivity index (χ0v) is 11.2. The van der Waals surface area contributed by atoms with Crippen LogP contribution in [0.4, 0.5) is 0 Å². The van der Waals surface area contributed by atoms with Crippen LogP contribution in [-0.4, -0.2) is 31.9 Å². The summed E-state index contributed by atoms with van der Waals surface area (Å²) in [6.45, 7) is 1.02. The number of halogens is 1. The van der Waals surface area contributed by atoms with Crippen molar-refractivity contribution < 1.29 is 0 Å². The minimum atomic E-state index is 0.840. The Bertz CT molecular complexity index is 439. The van der Waals surface area contributed by atoms with E-state index in [-0.39, 0.29) is 0 Å². The number of benzene rings is 1. The molecule has 0 amide bonds. The van der Waals surface area contributed by atoms with Crippen molar-refractivity contribution in [1.82, 2.24) is 18.3 Å². The molecule has 0 atom stereocenters. The van der Waals surface area contributed by atoms with Gasteiger partial charge in [-0.2, -0.15) is 5.10 Å². The Kier molecular flexibility index (Phi) is 3.89. The Balaban J connectivity index is 2.24. The monoisotopic (exact) mass is 328 g/mol. The molecule has 0 aliphatic rings. The van der Waals surface area contributed by atoms with E-state index < -0.39 is 0 Å². The van der Waals surface area contributed by atoms with Gasteiger partial charge < -0.3 is 0 Å². The van der Waals surface area contributed by atoms with Gasteiger partial charge in [0.25, 0.3) is 0 Å². The zero-order chi connectivity index (χ0) is 11.4. The Hall–Kier alpha value is -0.950. The molecule has 4 nitrogen and oxygen atoms in total. The van der Waals surface area contributed by atoms with E-state index in [0.29, 0.717) is 0 Å². The van der Waals surface area contributed by atoms with Crippen LogP contribution in [0, 0.1) is 0 Å². The molecule has 1 N–H and O–H groups in total. The number of nitrogens with zero attached hydrogens (tertiary/aromatic N) is 3. The second-order valence-corrected chi connectivity index (χ2v) is 5.22. The second-order valence-electron chi connectivity index (χ2n) is 3.57. The standard InChI is InChI=1S/C11H13IN4/c1-16(12)7-6-9-4-2-3-5-10(9)11-13-8-14-15-11/h2-5,8H,6-7H2,1H3,(H,13,14,15). The average molecular weight is 328 g/mol. The maximum absolute atomic E-state index is 4.19. The molecule has 0 aliphatic carbocycles. The number of nitrogens with one attached hydrogen (secondary N) is 1. The highest BCUT2D eigenvalue weighted by molar-refractivity contribution is 14.1. The molecule has 0 unspecified atom stereocenters. The molecule has 1 heterocycles. The van der Waals surface area contributed by atoms with Crippen LogP contribution in [0.15, 0.2) is 30.6 Å². The molecule has 0 aliphatic heterocycles. The van der Waals surface area contributed by atoms with Gasteiger partial charge in [-0.25, -0.2) is 4.98 Å². The Morgan fingerprint density at radius 1 is 1.38 bits per heavy atom. The minimum absolute atomic E-state index is 0.840. The zero-order valence-electron chi connectivity index (χ0n) is 9.02. The lowest BCUT2D eigenvalue weighted by molar-refractivity contribution is 0.611. The summed E-state index contributed by atoms with van der Waals surface area (Å²) in [6.07, 6.45) is 2.55. The smallest absolute Gasteiger partial charge is 0.155 e. The first-order valence-corrected chi connectivity index (χ1v) is 6.04. The SMILES string of the molecule is CN(I)CCc1ccccc1-c1ncn[nH]1. The van der Waals surface area contributed by atoms with Gasteiger partial charge in [0.1, 0.15) is 6.33 Å². The first-order chi connectivity index (χ1) is 7.77. The van der Waals surface area contributed by atoms with Gasteiger partial charge in [0, 0.05) is 35.0 Å². The minimum Gasteiger partial charge on any atom is -0.259 e. The van der Waals surface area contributed by atoms with Crippen LogP contribution in [-0.2, 0) is 6.42 Å². The van der Waals surface area contributed by atoms with Gasteiger partial charge in [-0.05, 0) is 19.0 Å². The fraction of sp³-hybridized carbons (Fsp3) is 0.273. The van der Waals surface area contributed by atoms with Crippen LogP contribution in [0.5, 0.6) is 0 Å². The van der Waals surface area contributed by atoms with Crippen molar-refractivity contribution >= 4 is 22.9 Å². The number of aromatic nitrogens is 3. The van der Waals surface area contributed by atoms with Crippen LogP contribution in [0.2, 0.25) is 0 Å². The number of hydrogen-bond donors (Lipinski definition) is 1. The second kappa shape index (κ2) is 5.40. The first-order valence-electron chi connectivity index (χ1n) is 5.08. The summed E-state index contributed by atoms with van der Waals surface area (Å²) in [5, 5.41) is 6.79. The molecule has 2 aromatic rings. The van der Waals surface area contributed by atoms with Gasteiger partial charge in [-0.15, -0.1) is 0 Å². The Labute approximate surface area is 109 Å². The highest BCUT2D eigenvalue weighted by Gasteiger charge is 2.06. The quantitative estimate of drug-likeness (QED) is 0.692. The van der Waals surface area contributed by atoms with E-state index in [1.165, 1.54) is 11.9 Å². The fourth-order valence-corrected chi connectivity index (χ4v) is 1.82. The highest BCUT2D eigenvalue weighted by Crippen LogP contribution is 2.20. The van der Waals surface area contributed by atoms with Crippen molar-refractivity contribution in [1.29, 1.82) is 0 Å². The maximum atomic E-state index is 4.19. The summed E-state index contributed by atoms with van der Waals surface area (Å²) in [6, 6.07) is 8.29. The molecular weight excluding hydrogens is 315 g/mol. The Morgan fingerprint density at radius 3 is 2.88 bits per heavy atom. The third-order valence-electron chi connectivity index (χ3n) is 2.38. The van der Waals surface area contributed by atoms with Crippen molar-refractivity contribution in [3.8, 4) is 11.4 Å². The number of aromatic amines is 1. The van der Waals surface area contributed by atoms with Crippen LogP contribution in [0.1, 0.15) is 5.56 Å². The van der Waals surface area contributed by atoms with Crippen molar-refractivity contribution in [2.75, 3.05) is 13.6 Å². The summed E-state index contributed by atoms with van der Waals surface area (Å²) in [5.74, 6) is 0.840. The number of rotatable bonds is 4. The molecule has 5 heteroatoms. The van der Waals surface area contributed by atoms with E-state index in [1.807, 2.05) is 6.07 Å². The molecule has 16 heavy (non-hydrogen) atoms. The summed E-state index contributed by atoms with van der Waals surface area (Å²) in [7, 11) is 2.07. The molecule has 0 fully saturated rings. The van der Waals surface area contributed by atoms with E-state index in [0.717, 1.165) is 24.4 Å². The molecule has 1 aromatic heterocycles. The van der Waals surface area contributed by atoms with Crippen LogP contribution in [0.25, 0.3) is 11.4 Å². The van der Waals surface area contributed by atoms with Gasteiger partial charge in [0.2, 0.25) is 0 Å². The number of likely N-dealkylation sites (N-methyl/N-ethyl adjacent to an activating group) is 1. The van der Waals surface area contributed by atoms with Crippen LogP contribution in [0.3, 0.4) is 0 Å². The molecule has 84 valence electrons. The third-order valence-corrected chi connectivity index (χ3v) is 2.86.